The highest BCUT2D eigenvalue weighted by molar-refractivity contribution is 9.10. The first-order chi connectivity index (χ1) is 12.6. The van der Waals surface area contributed by atoms with Gasteiger partial charge in [-0.1, -0.05) is 34.1 Å². The number of fused-ring (bicyclic) bond motifs is 1. The summed E-state index contributed by atoms with van der Waals surface area (Å²) >= 11 is 3.40. The van der Waals surface area contributed by atoms with E-state index in [1.165, 1.54) is 0 Å². The van der Waals surface area contributed by atoms with Crippen molar-refractivity contribution in [3.63, 3.8) is 0 Å². The van der Waals surface area contributed by atoms with E-state index in [-0.39, 0.29) is 24.3 Å². The lowest BCUT2D eigenvalue weighted by molar-refractivity contribution is -0.116. The minimum absolute atomic E-state index is 0.129. The van der Waals surface area contributed by atoms with Crippen molar-refractivity contribution in [3.05, 3.63) is 58.1 Å². The number of hydrogen-bond acceptors (Lipinski definition) is 5. The van der Waals surface area contributed by atoms with Crippen LogP contribution < -0.4 is 10.6 Å². The van der Waals surface area contributed by atoms with Gasteiger partial charge in [-0.3, -0.25) is 9.59 Å². The third kappa shape index (κ3) is 3.08. The highest BCUT2D eigenvalue weighted by Gasteiger charge is 2.29. The molecule has 1 aromatic heterocycles. The number of halogens is 1. The highest BCUT2D eigenvalue weighted by atomic mass is 79.9. The fourth-order valence-electron chi connectivity index (χ4n) is 2.96. The standard InChI is InChI=1S/C17H13BrN6O2/c18-9-5-6-13(12(7-9)16-21-23-24-22-16)19-15(25)8-14-10-3-1-2-4-11(10)17(26)20-14/h1-7,14H,8H2,(H,19,25)(H,20,26)(H,21,22,23,24). The Morgan fingerprint density at radius 3 is 2.85 bits per heavy atom. The third-order valence-electron chi connectivity index (χ3n) is 4.12. The summed E-state index contributed by atoms with van der Waals surface area (Å²) in [5.41, 5.74) is 2.65. The van der Waals surface area contributed by atoms with Gasteiger partial charge in [-0.15, -0.1) is 10.2 Å². The molecule has 3 N–H and O–H groups in total. The normalized spacial score (nSPS) is 15.4. The monoisotopic (exact) mass is 412 g/mol. The second-order valence-electron chi connectivity index (χ2n) is 5.79. The van der Waals surface area contributed by atoms with Crippen molar-refractivity contribution >= 4 is 33.4 Å². The number of carbonyl (C=O) groups is 2. The molecule has 1 atom stereocenters. The minimum atomic E-state index is -0.345. The number of tetrazole rings is 1. The summed E-state index contributed by atoms with van der Waals surface area (Å²) in [6.07, 6.45) is 0.129. The summed E-state index contributed by atoms with van der Waals surface area (Å²) in [5, 5.41) is 19.6. The Balaban J connectivity index is 1.54. The van der Waals surface area contributed by atoms with Crippen LogP contribution in [0.4, 0.5) is 5.69 Å². The second-order valence-corrected chi connectivity index (χ2v) is 6.71. The molecule has 2 amide bonds. The second kappa shape index (κ2) is 6.68. The molecule has 3 aromatic rings. The molecule has 0 saturated heterocycles. The van der Waals surface area contributed by atoms with E-state index in [2.05, 4.69) is 47.2 Å². The van der Waals surface area contributed by atoms with Crippen LogP contribution >= 0.6 is 15.9 Å². The summed E-state index contributed by atoms with van der Waals surface area (Å²) < 4.78 is 0.826. The van der Waals surface area contributed by atoms with E-state index in [1.807, 2.05) is 18.2 Å². The molecule has 26 heavy (non-hydrogen) atoms. The predicted octanol–water partition coefficient (Wildman–Crippen LogP) is 2.44. The number of amides is 2. The van der Waals surface area contributed by atoms with Crippen LogP contribution in [0.5, 0.6) is 0 Å². The number of aromatic amines is 1. The van der Waals surface area contributed by atoms with Crippen molar-refractivity contribution < 1.29 is 9.59 Å². The fourth-order valence-corrected chi connectivity index (χ4v) is 3.32. The molecule has 0 fully saturated rings. The van der Waals surface area contributed by atoms with Crippen molar-refractivity contribution in [2.75, 3.05) is 5.32 Å². The van der Waals surface area contributed by atoms with Gasteiger partial charge in [-0.2, -0.15) is 5.21 Å². The number of rotatable bonds is 4. The van der Waals surface area contributed by atoms with Crippen molar-refractivity contribution in [1.82, 2.24) is 25.9 Å². The van der Waals surface area contributed by atoms with Gasteiger partial charge in [-0.05, 0) is 35.0 Å². The summed E-state index contributed by atoms with van der Waals surface area (Å²) in [6, 6.07) is 12.3. The molecule has 4 rings (SSSR count). The van der Waals surface area contributed by atoms with E-state index in [9.17, 15) is 9.59 Å². The third-order valence-corrected chi connectivity index (χ3v) is 4.61. The lowest BCUT2D eigenvalue weighted by Gasteiger charge is -2.13. The summed E-state index contributed by atoms with van der Waals surface area (Å²) in [5.74, 6) is -0.00490. The maximum Gasteiger partial charge on any atom is 0.252 e. The van der Waals surface area contributed by atoms with Crippen LogP contribution in [-0.2, 0) is 4.79 Å². The van der Waals surface area contributed by atoms with Crippen molar-refractivity contribution in [3.8, 4) is 11.4 Å². The zero-order chi connectivity index (χ0) is 18.1. The number of aromatic nitrogens is 4. The van der Waals surface area contributed by atoms with Crippen LogP contribution in [0.25, 0.3) is 11.4 Å². The van der Waals surface area contributed by atoms with Gasteiger partial charge in [0.15, 0.2) is 0 Å². The van der Waals surface area contributed by atoms with E-state index < -0.39 is 0 Å². The number of H-pyrrole nitrogens is 1. The molecule has 2 aromatic carbocycles. The average Bonchev–Trinajstić information content (AvgIpc) is 3.26. The molecule has 1 aliphatic heterocycles. The summed E-state index contributed by atoms with van der Waals surface area (Å²) in [4.78, 5) is 24.5. The molecule has 2 heterocycles. The number of hydrogen-bond donors (Lipinski definition) is 3. The van der Waals surface area contributed by atoms with E-state index in [1.54, 1.807) is 24.3 Å². The molecule has 0 radical (unpaired) electrons. The number of carbonyl (C=O) groups excluding carboxylic acids is 2. The number of benzene rings is 2. The maximum absolute atomic E-state index is 12.6. The lowest BCUT2D eigenvalue weighted by Crippen LogP contribution is -2.24. The fraction of sp³-hybridized carbons (Fsp3) is 0.118. The Hall–Kier alpha value is -3.07. The predicted molar refractivity (Wildman–Crippen MR) is 97.2 cm³/mol. The van der Waals surface area contributed by atoms with Crippen LogP contribution in [-0.4, -0.2) is 32.4 Å². The van der Waals surface area contributed by atoms with Crippen molar-refractivity contribution in [2.24, 2.45) is 0 Å². The van der Waals surface area contributed by atoms with Crippen molar-refractivity contribution in [2.45, 2.75) is 12.5 Å². The lowest BCUT2D eigenvalue weighted by atomic mass is 10.0. The topological polar surface area (TPSA) is 113 Å². The first kappa shape index (κ1) is 16.4. The quantitative estimate of drug-likeness (QED) is 0.608. The van der Waals surface area contributed by atoms with Crippen molar-refractivity contribution in [1.29, 1.82) is 0 Å². The molecule has 8 nitrogen and oxygen atoms in total. The molecule has 0 spiro atoms. The van der Waals surface area contributed by atoms with Crippen LogP contribution in [0, 0.1) is 0 Å². The van der Waals surface area contributed by atoms with E-state index >= 15 is 0 Å². The van der Waals surface area contributed by atoms with E-state index in [0.29, 0.717) is 22.6 Å². The largest absolute Gasteiger partial charge is 0.345 e. The van der Waals surface area contributed by atoms with Gasteiger partial charge >= 0.3 is 0 Å². The molecule has 0 saturated carbocycles. The Labute approximate surface area is 156 Å². The zero-order valence-electron chi connectivity index (χ0n) is 13.4. The molecular weight excluding hydrogens is 400 g/mol. The van der Waals surface area contributed by atoms with Gasteiger partial charge in [-0.25, -0.2) is 0 Å². The Bertz CT molecular complexity index is 989. The zero-order valence-corrected chi connectivity index (χ0v) is 14.9. The molecular formula is C17H13BrN6O2. The molecule has 0 aliphatic carbocycles. The molecule has 0 bridgehead atoms. The number of nitrogens with one attached hydrogen (secondary N) is 3. The van der Waals surface area contributed by atoms with E-state index in [0.717, 1.165) is 10.0 Å². The van der Waals surface area contributed by atoms with Gasteiger partial charge in [0.2, 0.25) is 11.7 Å². The molecule has 9 heteroatoms. The summed E-state index contributed by atoms with van der Waals surface area (Å²) in [6.45, 7) is 0. The Kier molecular flexibility index (Phi) is 4.21. The van der Waals surface area contributed by atoms with E-state index in [4.69, 9.17) is 0 Å². The highest BCUT2D eigenvalue weighted by Crippen LogP contribution is 2.30. The number of nitrogens with zero attached hydrogens (tertiary/aromatic N) is 3. The van der Waals surface area contributed by atoms with Gasteiger partial charge in [0.1, 0.15) is 0 Å². The Morgan fingerprint density at radius 2 is 2.04 bits per heavy atom. The smallest absolute Gasteiger partial charge is 0.252 e. The summed E-state index contributed by atoms with van der Waals surface area (Å²) in [7, 11) is 0. The molecule has 1 unspecified atom stereocenters. The number of anilines is 1. The maximum atomic E-state index is 12.6. The molecule has 130 valence electrons. The van der Waals surface area contributed by atoms with Gasteiger partial charge in [0.25, 0.3) is 5.91 Å². The average molecular weight is 413 g/mol. The van der Waals surface area contributed by atoms with Gasteiger partial charge < -0.3 is 10.6 Å². The van der Waals surface area contributed by atoms with Gasteiger partial charge in [0.05, 0.1) is 18.2 Å². The first-order valence-corrected chi connectivity index (χ1v) is 8.64. The van der Waals surface area contributed by atoms with Crippen LogP contribution in [0.3, 0.4) is 0 Å². The Morgan fingerprint density at radius 1 is 1.19 bits per heavy atom. The van der Waals surface area contributed by atoms with Crippen LogP contribution in [0.15, 0.2) is 46.9 Å². The SMILES string of the molecule is O=C(CC1NC(=O)c2ccccc21)Nc1ccc(Br)cc1-c1nn[nH]n1. The van der Waals surface area contributed by atoms with Crippen LogP contribution in [0.2, 0.25) is 0 Å². The minimum Gasteiger partial charge on any atom is -0.345 e. The molecule has 1 aliphatic rings. The first-order valence-electron chi connectivity index (χ1n) is 7.85. The van der Waals surface area contributed by atoms with Gasteiger partial charge in [0, 0.05) is 15.6 Å². The van der Waals surface area contributed by atoms with Crippen LogP contribution in [0.1, 0.15) is 28.4 Å².